The summed E-state index contributed by atoms with van der Waals surface area (Å²) in [6.07, 6.45) is 2.00. The highest BCUT2D eigenvalue weighted by Gasteiger charge is 2.42. The number of rotatable bonds is 7. The number of anilines is 2. The van der Waals surface area contributed by atoms with Gasteiger partial charge in [0.25, 0.3) is 11.8 Å². The molecule has 2 aliphatic rings. The van der Waals surface area contributed by atoms with Gasteiger partial charge in [0.15, 0.2) is 0 Å². The van der Waals surface area contributed by atoms with Gasteiger partial charge in [-0.3, -0.25) is 34.2 Å². The standard InChI is InChI=1S/C24H21ClN4O5/c25-15-5-7-16(8-6-15)27-20(30)10-4-14-2-1-3-17(12-14)26-18-13-22(32)29(24(18)34)19-9-11-21(31)28-23(19)33/h1-3,5-8,12-13,19,26H,4,9-11H2,(H,27,30)(H,28,31,33). The fraction of sp³-hybridized carbons (Fsp3) is 0.208. The van der Waals surface area contributed by atoms with Crippen LogP contribution in [0.2, 0.25) is 5.02 Å². The van der Waals surface area contributed by atoms with E-state index in [2.05, 4.69) is 16.0 Å². The molecule has 0 spiro atoms. The number of benzene rings is 2. The second-order valence-electron chi connectivity index (χ2n) is 7.92. The molecule has 1 unspecified atom stereocenters. The van der Waals surface area contributed by atoms with Gasteiger partial charge in [0.05, 0.1) is 0 Å². The van der Waals surface area contributed by atoms with Crippen molar-refractivity contribution in [3.8, 4) is 0 Å². The number of hydrogen-bond acceptors (Lipinski definition) is 6. The van der Waals surface area contributed by atoms with Crippen molar-refractivity contribution in [2.24, 2.45) is 0 Å². The van der Waals surface area contributed by atoms with Crippen LogP contribution in [0.15, 0.2) is 60.3 Å². The number of aryl methyl sites for hydroxylation is 1. The largest absolute Gasteiger partial charge is 0.351 e. The van der Waals surface area contributed by atoms with E-state index in [0.717, 1.165) is 16.5 Å². The van der Waals surface area contributed by atoms with E-state index in [4.69, 9.17) is 11.6 Å². The van der Waals surface area contributed by atoms with Crippen molar-refractivity contribution in [3.05, 3.63) is 70.9 Å². The Labute approximate surface area is 200 Å². The molecule has 2 aromatic carbocycles. The van der Waals surface area contributed by atoms with E-state index in [9.17, 15) is 24.0 Å². The number of carbonyl (C=O) groups excluding carboxylic acids is 5. The van der Waals surface area contributed by atoms with E-state index in [1.807, 2.05) is 6.07 Å². The topological polar surface area (TPSA) is 125 Å². The molecule has 0 bridgehead atoms. The molecule has 0 radical (unpaired) electrons. The SMILES string of the molecule is O=C1CCC(N2C(=O)C=C(Nc3cccc(CCC(=O)Nc4ccc(Cl)cc4)c3)C2=O)C(=O)N1. The van der Waals surface area contributed by atoms with Gasteiger partial charge in [-0.15, -0.1) is 0 Å². The van der Waals surface area contributed by atoms with Crippen molar-refractivity contribution in [1.29, 1.82) is 0 Å². The van der Waals surface area contributed by atoms with Crippen LogP contribution in [0.3, 0.4) is 0 Å². The molecule has 1 saturated heterocycles. The molecular formula is C24H21ClN4O5. The molecule has 5 amide bonds. The average Bonchev–Trinajstić information content (AvgIpc) is 3.07. The van der Waals surface area contributed by atoms with E-state index in [0.29, 0.717) is 22.8 Å². The summed E-state index contributed by atoms with van der Waals surface area (Å²) in [5.41, 5.74) is 2.11. The molecule has 2 aromatic rings. The third kappa shape index (κ3) is 5.32. The van der Waals surface area contributed by atoms with Crippen molar-refractivity contribution in [2.75, 3.05) is 10.6 Å². The maximum atomic E-state index is 12.8. The zero-order valence-corrected chi connectivity index (χ0v) is 18.7. The summed E-state index contributed by atoms with van der Waals surface area (Å²) in [5.74, 6) is -2.49. The molecular weight excluding hydrogens is 460 g/mol. The Kier molecular flexibility index (Phi) is 6.74. The first-order valence-electron chi connectivity index (χ1n) is 10.6. The summed E-state index contributed by atoms with van der Waals surface area (Å²) in [6.45, 7) is 0. The minimum atomic E-state index is -1.02. The zero-order chi connectivity index (χ0) is 24.2. The Hall–Kier alpha value is -3.98. The van der Waals surface area contributed by atoms with Crippen molar-refractivity contribution in [2.45, 2.75) is 31.7 Å². The zero-order valence-electron chi connectivity index (χ0n) is 18.0. The van der Waals surface area contributed by atoms with Gasteiger partial charge in [0.2, 0.25) is 17.7 Å². The molecule has 0 aliphatic carbocycles. The predicted octanol–water partition coefficient (Wildman–Crippen LogP) is 2.38. The van der Waals surface area contributed by atoms with Crippen LogP contribution in [-0.4, -0.2) is 40.5 Å². The average molecular weight is 481 g/mol. The van der Waals surface area contributed by atoms with Crippen LogP contribution in [0.1, 0.15) is 24.8 Å². The summed E-state index contributed by atoms with van der Waals surface area (Å²) in [6, 6.07) is 12.9. The highest BCUT2D eigenvalue weighted by molar-refractivity contribution is 6.30. The first kappa shape index (κ1) is 23.2. The summed E-state index contributed by atoms with van der Waals surface area (Å²) in [4.78, 5) is 61.7. The lowest BCUT2D eigenvalue weighted by atomic mass is 10.0. The van der Waals surface area contributed by atoms with Crippen molar-refractivity contribution in [1.82, 2.24) is 10.2 Å². The van der Waals surface area contributed by atoms with E-state index >= 15 is 0 Å². The maximum absolute atomic E-state index is 12.8. The highest BCUT2D eigenvalue weighted by atomic mass is 35.5. The Bertz CT molecular complexity index is 1210. The van der Waals surface area contributed by atoms with Gasteiger partial charge >= 0.3 is 0 Å². The first-order chi connectivity index (χ1) is 16.3. The number of nitrogens with one attached hydrogen (secondary N) is 3. The van der Waals surface area contributed by atoms with E-state index in [1.54, 1.807) is 42.5 Å². The number of hydrogen-bond donors (Lipinski definition) is 3. The molecule has 2 aliphatic heterocycles. The van der Waals surface area contributed by atoms with Crippen LogP contribution in [0, 0.1) is 0 Å². The Morgan fingerprint density at radius 1 is 1.06 bits per heavy atom. The van der Waals surface area contributed by atoms with Crippen LogP contribution in [0.4, 0.5) is 11.4 Å². The molecule has 9 nitrogen and oxygen atoms in total. The van der Waals surface area contributed by atoms with Crippen molar-refractivity contribution in [3.63, 3.8) is 0 Å². The molecule has 0 saturated carbocycles. The third-order valence-corrected chi connectivity index (χ3v) is 5.70. The van der Waals surface area contributed by atoms with Gasteiger partial charge in [0.1, 0.15) is 11.7 Å². The second-order valence-corrected chi connectivity index (χ2v) is 8.36. The fourth-order valence-electron chi connectivity index (χ4n) is 3.77. The van der Waals surface area contributed by atoms with Gasteiger partial charge in [-0.2, -0.15) is 0 Å². The summed E-state index contributed by atoms with van der Waals surface area (Å²) in [5, 5.41) is 8.46. The Balaban J connectivity index is 1.35. The van der Waals surface area contributed by atoms with Gasteiger partial charge in [-0.05, 0) is 54.8 Å². The molecule has 1 atom stereocenters. The normalized spacial score (nSPS) is 18.0. The van der Waals surface area contributed by atoms with Crippen molar-refractivity contribution < 1.29 is 24.0 Å². The smallest absolute Gasteiger partial charge is 0.278 e. The third-order valence-electron chi connectivity index (χ3n) is 5.45. The van der Waals surface area contributed by atoms with Gasteiger partial charge in [-0.25, -0.2) is 0 Å². The summed E-state index contributed by atoms with van der Waals surface area (Å²) < 4.78 is 0. The Morgan fingerprint density at radius 2 is 1.82 bits per heavy atom. The molecule has 2 heterocycles. The number of nitrogens with zero attached hydrogens (tertiary/aromatic N) is 1. The maximum Gasteiger partial charge on any atom is 0.278 e. The molecule has 174 valence electrons. The van der Waals surface area contributed by atoms with Gasteiger partial charge in [-0.1, -0.05) is 23.7 Å². The lowest BCUT2D eigenvalue weighted by molar-refractivity contribution is -0.149. The number of carbonyl (C=O) groups is 5. The number of imide groups is 2. The minimum absolute atomic E-state index is 0.0346. The summed E-state index contributed by atoms with van der Waals surface area (Å²) >= 11 is 5.85. The molecule has 1 fully saturated rings. The van der Waals surface area contributed by atoms with Crippen LogP contribution >= 0.6 is 11.6 Å². The van der Waals surface area contributed by atoms with E-state index in [-0.39, 0.29) is 30.9 Å². The monoisotopic (exact) mass is 480 g/mol. The summed E-state index contributed by atoms with van der Waals surface area (Å²) in [7, 11) is 0. The van der Waals surface area contributed by atoms with Gasteiger partial charge in [0, 0.05) is 35.3 Å². The molecule has 3 N–H and O–H groups in total. The van der Waals surface area contributed by atoms with E-state index < -0.39 is 29.7 Å². The van der Waals surface area contributed by atoms with Crippen LogP contribution in [0.5, 0.6) is 0 Å². The van der Waals surface area contributed by atoms with Crippen LogP contribution < -0.4 is 16.0 Å². The molecule has 10 heteroatoms. The minimum Gasteiger partial charge on any atom is -0.351 e. The number of halogens is 1. The second kappa shape index (κ2) is 9.88. The number of piperidine rings is 1. The molecule has 4 rings (SSSR count). The highest BCUT2D eigenvalue weighted by Crippen LogP contribution is 2.23. The lowest BCUT2D eigenvalue weighted by Crippen LogP contribution is -2.54. The van der Waals surface area contributed by atoms with Crippen LogP contribution in [-0.2, 0) is 30.4 Å². The number of amides is 5. The fourth-order valence-corrected chi connectivity index (χ4v) is 3.90. The van der Waals surface area contributed by atoms with E-state index in [1.165, 1.54) is 0 Å². The Morgan fingerprint density at radius 3 is 2.56 bits per heavy atom. The lowest BCUT2D eigenvalue weighted by Gasteiger charge is -2.28. The quantitative estimate of drug-likeness (QED) is 0.522. The predicted molar refractivity (Wildman–Crippen MR) is 125 cm³/mol. The van der Waals surface area contributed by atoms with Gasteiger partial charge < -0.3 is 10.6 Å². The first-order valence-corrected chi connectivity index (χ1v) is 11.0. The molecule has 34 heavy (non-hydrogen) atoms. The molecule has 0 aromatic heterocycles. The van der Waals surface area contributed by atoms with Crippen LogP contribution in [0.25, 0.3) is 0 Å². The van der Waals surface area contributed by atoms with Crippen molar-refractivity contribution >= 4 is 52.5 Å².